The Morgan fingerprint density at radius 2 is 2.29 bits per heavy atom. The molecular formula is C13H14N2O2. The lowest BCUT2D eigenvalue weighted by Crippen LogP contribution is -2.43. The molecule has 88 valence electrons. The molecule has 0 aromatic heterocycles. The van der Waals surface area contributed by atoms with Crippen LogP contribution in [0.3, 0.4) is 0 Å². The van der Waals surface area contributed by atoms with Crippen LogP contribution in [-0.4, -0.2) is 17.1 Å². The van der Waals surface area contributed by atoms with Gasteiger partial charge in [-0.25, -0.2) is 0 Å². The molecule has 1 aromatic rings. The van der Waals surface area contributed by atoms with E-state index in [0.29, 0.717) is 5.56 Å². The van der Waals surface area contributed by atoms with Gasteiger partial charge in [0.15, 0.2) is 0 Å². The zero-order valence-corrected chi connectivity index (χ0v) is 9.60. The first-order valence-electron chi connectivity index (χ1n) is 5.62. The number of anilines is 1. The van der Waals surface area contributed by atoms with E-state index in [9.17, 15) is 4.79 Å². The van der Waals surface area contributed by atoms with E-state index in [4.69, 9.17) is 10.4 Å². The monoisotopic (exact) mass is 230 g/mol. The zero-order valence-electron chi connectivity index (χ0n) is 9.60. The lowest BCUT2D eigenvalue weighted by molar-refractivity contribution is -0.144. The van der Waals surface area contributed by atoms with Gasteiger partial charge in [0.05, 0.1) is 17.6 Å². The number of benzene rings is 1. The van der Waals surface area contributed by atoms with Crippen LogP contribution in [0.1, 0.15) is 24.0 Å². The van der Waals surface area contributed by atoms with Gasteiger partial charge in [0, 0.05) is 11.7 Å². The predicted molar refractivity (Wildman–Crippen MR) is 63.7 cm³/mol. The average Bonchev–Trinajstić information content (AvgIpc) is 2.25. The van der Waals surface area contributed by atoms with Crippen LogP contribution in [0.25, 0.3) is 0 Å². The smallest absolute Gasteiger partial charge is 0.308 e. The first-order valence-corrected chi connectivity index (χ1v) is 5.62. The maximum Gasteiger partial charge on any atom is 0.308 e. The molecule has 0 saturated heterocycles. The SMILES string of the molecule is Cc1ccc(C#N)cc1NC1CCC1C(=O)O. The van der Waals surface area contributed by atoms with Crippen molar-refractivity contribution in [2.75, 3.05) is 5.32 Å². The summed E-state index contributed by atoms with van der Waals surface area (Å²) in [5, 5.41) is 21.0. The Morgan fingerprint density at radius 3 is 2.82 bits per heavy atom. The average molecular weight is 230 g/mol. The van der Waals surface area contributed by atoms with Crippen molar-refractivity contribution in [2.45, 2.75) is 25.8 Å². The molecule has 1 aromatic carbocycles. The molecule has 1 aliphatic carbocycles. The number of hydrogen-bond donors (Lipinski definition) is 2. The van der Waals surface area contributed by atoms with E-state index in [0.717, 1.165) is 24.1 Å². The van der Waals surface area contributed by atoms with E-state index < -0.39 is 5.97 Å². The van der Waals surface area contributed by atoms with Gasteiger partial charge in [0.1, 0.15) is 0 Å². The van der Waals surface area contributed by atoms with Gasteiger partial charge in [-0.15, -0.1) is 0 Å². The maximum atomic E-state index is 10.9. The third-order valence-electron chi connectivity index (χ3n) is 3.30. The number of aryl methyl sites for hydroxylation is 1. The van der Waals surface area contributed by atoms with Crippen LogP contribution in [0.5, 0.6) is 0 Å². The highest BCUT2D eigenvalue weighted by molar-refractivity contribution is 5.73. The number of nitriles is 1. The van der Waals surface area contributed by atoms with Crippen molar-refractivity contribution in [1.82, 2.24) is 0 Å². The molecule has 17 heavy (non-hydrogen) atoms. The molecule has 1 aliphatic rings. The van der Waals surface area contributed by atoms with Gasteiger partial charge in [-0.05, 0) is 37.5 Å². The van der Waals surface area contributed by atoms with Gasteiger partial charge in [-0.1, -0.05) is 6.07 Å². The van der Waals surface area contributed by atoms with Gasteiger partial charge >= 0.3 is 5.97 Å². The van der Waals surface area contributed by atoms with Gasteiger partial charge in [-0.3, -0.25) is 4.79 Å². The lowest BCUT2D eigenvalue weighted by Gasteiger charge is -2.35. The van der Waals surface area contributed by atoms with Crippen LogP contribution in [0.15, 0.2) is 18.2 Å². The van der Waals surface area contributed by atoms with Crippen molar-refractivity contribution in [1.29, 1.82) is 5.26 Å². The third kappa shape index (κ3) is 2.23. The molecule has 0 spiro atoms. The summed E-state index contributed by atoms with van der Waals surface area (Å²) in [6.45, 7) is 1.94. The molecule has 2 unspecified atom stereocenters. The molecule has 4 heteroatoms. The zero-order chi connectivity index (χ0) is 12.4. The number of nitrogens with one attached hydrogen (secondary N) is 1. The number of carbonyl (C=O) groups is 1. The summed E-state index contributed by atoms with van der Waals surface area (Å²) in [5.74, 6) is -1.05. The van der Waals surface area contributed by atoms with Crippen molar-refractivity contribution in [2.24, 2.45) is 5.92 Å². The van der Waals surface area contributed by atoms with E-state index >= 15 is 0 Å². The minimum atomic E-state index is -0.747. The van der Waals surface area contributed by atoms with E-state index in [1.54, 1.807) is 12.1 Å². The highest BCUT2D eigenvalue weighted by atomic mass is 16.4. The first-order chi connectivity index (χ1) is 8.11. The largest absolute Gasteiger partial charge is 0.481 e. The number of carboxylic acids is 1. The third-order valence-corrected chi connectivity index (χ3v) is 3.30. The molecule has 0 amide bonds. The van der Waals surface area contributed by atoms with Crippen LogP contribution in [0.2, 0.25) is 0 Å². The second kappa shape index (κ2) is 4.46. The fraction of sp³-hybridized carbons (Fsp3) is 0.385. The van der Waals surface area contributed by atoms with Crippen molar-refractivity contribution in [3.63, 3.8) is 0 Å². The molecule has 4 nitrogen and oxygen atoms in total. The summed E-state index contributed by atoms with van der Waals surface area (Å²) < 4.78 is 0. The number of rotatable bonds is 3. The maximum absolute atomic E-state index is 10.9. The number of carboxylic acid groups (broad SMARTS) is 1. The molecule has 1 saturated carbocycles. The van der Waals surface area contributed by atoms with Crippen molar-refractivity contribution in [3.8, 4) is 6.07 Å². The summed E-state index contributed by atoms with van der Waals surface area (Å²) >= 11 is 0. The van der Waals surface area contributed by atoms with Crippen LogP contribution in [0, 0.1) is 24.2 Å². The van der Waals surface area contributed by atoms with E-state index in [1.807, 2.05) is 13.0 Å². The van der Waals surface area contributed by atoms with Crippen molar-refractivity contribution in [3.05, 3.63) is 29.3 Å². The van der Waals surface area contributed by atoms with Crippen LogP contribution >= 0.6 is 0 Å². The molecule has 0 bridgehead atoms. The normalized spacial score (nSPS) is 22.4. The Bertz CT molecular complexity index is 491. The highest BCUT2D eigenvalue weighted by Crippen LogP contribution is 2.31. The first kappa shape index (κ1) is 11.5. The lowest BCUT2D eigenvalue weighted by atomic mass is 9.79. The Labute approximate surface area is 99.9 Å². The second-order valence-electron chi connectivity index (χ2n) is 4.41. The summed E-state index contributed by atoms with van der Waals surface area (Å²) in [4.78, 5) is 10.9. The fourth-order valence-corrected chi connectivity index (χ4v) is 2.02. The molecule has 2 atom stereocenters. The Kier molecular flexibility index (Phi) is 3.01. The predicted octanol–water partition coefficient (Wildman–Crippen LogP) is 2.14. The Hall–Kier alpha value is -2.02. The van der Waals surface area contributed by atoms with Gasteiger partial charge in [-0.2, -0.15) is 5.26 Å². The molecule has 0 aliphatic heterocycles. The fourth-order valence-electron chi connectivity index (χ4n) is 2.02. The molecule has 1 fully saturated rings. The Morgan fingerprint density at radius 1 is 1.53 bits per heavy atom. The molecular weight excluding hydrogens is 216 g/mol. The number of nitrogens with zero attached hydrogens (tertiary/aromatic N) is 1. The number of hydrogen-bond acceptors (Lipinski definition) is 3. The molecule has 2 rings (SSSR count). The topological polar surface area (TPSA) is 73.1 Å². The second-order valence-corrected chi connectivity index (χ2v) is 4.41. The van der Waals surface area contributed by atoms with Crippen LogP contribution in [0.4, 0.5) is 5.69 Å². The van der Waals surface area contributed by atoms with Crippen LogP contribution in [-0.2, 0) is 4.79 Å². The van der Waals surface area contributed by atoms with Gasteiger partial charge < -0.3 is 10.4 Å². The van der Waals surface area contributed by atoms with E-state index in [2.05, 4.69) is 11.4 Å². The summed E-state index contributed by atoms with van der Waals surface area (Å²) in [6, 6.07) is 7.47. The molecule has 0 radical (unpaired) electrons. The van der Waals surface area contributed by atoms with Gasteiger partial charge in [0.2, 0.25) is 0 Å². The summed E-state index contributed by atoms with van der Waals surface area (Å²) in [7, 11) is 0. The van der Waals surface area contributed by atoms with Crippen molar-refractivity contribution < 1.29 is 9.90 Å². The minimum Gasteiger partial charge on any atom is -0.481 e. The minimum absolute atomic E-state index is 0.0138. The highest BCUT2D eigenvalue weighted by Gasteiger charge is 2.36. The Balaban J connectivity index is 2.14. The standard InChI is InChI=1S/C13H14N2O2/c1-8-2-3-9(7-14)6-12(8)15-11-5-4-10(11)13(16)17/h2-3,6,10-11,15H,4-5H2,1H3,(H,16,17). The molecule has 0 heterocycles. The van der Waals surface area contributed by atoms with Crippen molar-refractivity contribution >= 4 is 11.7 Å². The quantitative estimate of drug-likeness (QED) is 0.834. The molecule has 2 N–H and O–H groups in total. The van der Waals surface area contributed by atoms with Crippen LogP contribution < -0.4 is 5.32 Å². The van der Waals surface area contributed by atoms with E-state index in [1.165, 1.54) is 0 Å². The van der Waals surface area contributed by atoms with E-state index in [-0.39, 0.29) is 12.0 Å². The summed E-state index contributed by atoms with van der Waals surface area (Å²) in [6.07, 6.45) is 1.59. The number of aliphatic carboxylic acids is 1. The van der Waals surface area contributed by atoms with Gasteiger partial charge in [0.25, 0.3) is 0 Å². The summed E-state index contributed by atoms with van der Waals surface area (Å²) in [5.41, 5.74) is 2.48.